The third-order valence-corrected chi connectivity index (χ3v) is 5.51. The number of esters is 3. The lowest BCUT2D eigenvalue weighted by molar-refractivity contribution is -0.395. The Bertz CT molecular complexity index is 795. The van der Waals surface area contributed by atoms with Gasteiger partial charge in [-0.25, -0.2) is 18.9 Å². The van der Waals surface area contributed by atoms with Crippen molar-refractivity contribution < 1.29 is 61.8 Å². The first kappa shape index (κ1) is 35.6. The number of carbonyl (C=O) groups excluding carboxylic acids is 3. The lowest BCUT2D eigenvalue weighted by Crippen LogP contribution is -2.25. The van der Waals surface area contributed by atoms with Gasteiger partial charge in [0.25, 0.3) is 0 Å². The maximum absolute atomic E-state index is 13.2. The Kier molecular flexibility index (Phi) is 17.6. The molecule has 13 nitrogen and oxygen atoms in total. The number of phosphoric acid groups is 1. The normalized spacial score (nSPS) is 16.7. The van der Waals surface area contributed by atoms with Gasteiger partial charge in [0.05, 0.1) is 0 Å². The summed E-state index contributed by atoms with van der Waals surface area (Å²) in [5.74, 6) is -2.12. The largest absolute Gasteiger partial charge is 0.557 e. The van der Waals surface area contributed by atoms with Crippen molar-refractivity contribution in [2.45, 2.75) is 100 Å². The molecule has 0 saturated carbocycles. The van der Waals surface area contributed by atoms with Crippen LogP contribution in [-0.2, 0) is 61.8 Å². The molecule has 0 aromatic rings. The Hall–Kier alpha value is -2.38. The molecule has 0 rings (SSSR count). The Morgan fingerprint density at radius 3 is 1.00 bits per heavy atom. The molecule has 218 valence electrons. The highest BCUT2D eigenvalue weighted by Crippen LogP contribution is 2.51. The standard InChI is InChI=1S/C24H39O13P/c1-10-16(7)22(25)29-19(13-4)32-35-38(28,36-33-20(14-5)30-23(26)17(8)11-2)37-34-21(15-6)31-24(27)18(9)12-3/h10-12,19-21H,13-15H2,1-9H3/b16-10+,17-11+,18-12+. The minimum Gasteiger partial charge on any atom is -0.430 e. The van der Waals surface area contributed by atoms with Crippen molar-refractivity contribution in [2.24, 2.45) is 0 Å². The van der Waals surface area contributed by atoms with Gasteiger partial charge in [-0.3, -0.25) is 0 Å². The van der Waals surface area contributed by atoms with E-state index in [1.807, 2.05) is 0 Å². The fourth-order valence-corrected chi connectivity index (χ4v) is 2.52. The van der Waals surface area contributed by atoms with Crippen LogP contribution in [0.5, 0.6) is 0 Å². The summed E-state index contributed by atoms with van der Waals surface area (Å²) in [7, 11) is -4.93. The number of hydrogen-bond acceptors (Lipinski definition) is 13. The molecule has 0 bridgehead atoms. The van der Waals surface area contributed by atoms with Gasteiger partial charge in [0.2, 0.25) is 18.9 Å². The average molecular weight is 567 g/mol. The van der Waals surface area contributed by atoms with E-state index in [1.54, 1.807) is 41.5 Å². The van der Waals surface area contributed by atoms with Crippen LogP contribution in [0, 0.1) is 0 Å². The molecule has 0 aliphatic carbocycles. The summed E-state index contributed by atoms with van der Waals surface area (Å²) >= 11 is 0. The van der Waals surface area contributed by atoms with Gasteiger partial charge < -0.3 is 14.2 Å². The molecular formula is C24H39O13P. The number of hydrogen-bond donors (Lipinski definition) is 0. The molecule has 0 radical (unpaired) electrons. The molecule has 3 unspecified atom stereocenters. The second-order valence-corrected chi connectivity index (χ2v) is 8.95. The summed E-state index contributed by atoms with van der Waals surface area (Å²) in [6.45, 7) is 14.3. The Morgan fingerprint density at radius 2 is 0.816 bits per heavy atom. The number of allylic oxidation sites excluding steroid dienone is 3. The molecule has 0 N–H and O–H groups in total. The van der Waals surface area contributed by atoms with E-state index in [4.69, 9.17) is 42.9 Å². The Balaban J connectivity index is 5.59. The maximum Gasteiger partial charge on any atom is 0.557 e. The van der Waals surface area contributed by atoms with Gasteiger partial charge in [-0.05, 0) is 41.5 Å². The van der Waals surface area contributed by atoms with E-state index in [0.29, 0.717) is 16.7 Å². The molecule has 0 heterocycles. The van der Waals surface area contributed by atoms with Crippen molar-refractivity contribution in [1.82, 2.24) is 0 Å². The molecule has 38 heavy (non-hydrogen) atoms. The highest BCUT2D eigenvalue weighted by molar-refractivity contribution is 7.48. The zero-order valence-electron chi connectivity index (χ0n) is 23.3. The highest BCUT2D eigenvalue weighted by atomic mass is 31.2. The van der Waals surface area contributed by atoms with Crippen molar-refractivity contribution in [3.63, 3.8) is 0 Å². The summed E-state index contributed by atoms with van der Waals surface area (Å²) in [5, 5.41) is 0. The van der Waals surface area contributed by atoms with E-state index in [2.05, 4.69) is 0 Å². The Morgan fingerprint density at radius 1 is 0.579 bits per heavy atom. The zero-order chi connectivity index (χ0) is 29.3. The SMILES string of the molecule is C/C=C(\C)C(=O)OC(CC)OOP(=O)(OOC(CC)OC(=O)/C(C)=C/C)OOC(CC)OC(=O)/C(C)=C/C. The van der Waals surface area contributed by atoms with Crippen LogP contribution in [-0.4, -0.2) is 36.8 Å². The number of carbonyl (C=O) groups is 3. The molecule has 0 amide bonds. The topological polar surface area (TPSA) is 151 Å². The highest BCUT2D eigenvalue weighted by Gasteiger charge is 2.37. The van der Waals surface area contributed by atoms with E-state index in [1.165, 1.54) is 39.0 Å². The monoisotopic (exact) mass is 566 g/mol. The van der Waals surface area contributed by atoms with Gasteiger partial charge in [0.15, 0.2) is 0 Å². The van der Waals surface area contributed by atoms with Crippen molar-refractivity contribution >= 4 is 25.7 Å². The smallest absolute Gasteiger partial charge is 0.430 e. The van der Waals surface area contributed by atoms with Gasteiger partial charge in [-0.2, -0.15) is 14.7 Å². The first-order valence-corrected chi connectivity index (χ1v) is 13.5. The predicted molar refractivity (Wildman–Crippen MR) is 133 cm³/mol. The van der Waals surface area contributed by atoms with Gasteiger partial charge in [0, 0.05) is 36.0 Å². The Labute approximate surface area is 223 Å². The van der Waals surface area contributed by atoms with Crippen LogP contribution < -0.4 is 0 Å². The molecular weight excluding hydrogens is 527 g/mol. The molecule has 3 atom stereocenters. The lowest BCUT2D eigenvalue weighted by atomic mass is 10.3. The van der Waals surface area contributed by atoms with Crippen LogP contribution in [0.15, 0.2) is 34.9 Å². The lowest BCUT2D eigenvalue weighted by Gasteiger charge is -2.22. The van der Waals surface area contributed by atoms with Crippen LogP contribution in [0.25, 0.3) is 0 Å². The van der Waals surface area contributed by atoms with Crippen molar-refractivity contribution in [2.75, 3.05) is 0 Å². The van der Waals surface area contributed by atoms with Gasteiger partial charge in [0.1, 0.15) is 0 Å². The molecule has 14 heteroatoms. The summed E-state index contributed by atoms with van der Waals surface area (Å²) in [6.07, 6.45) is 0.848. The van der Waals surface area contributed by atoms with Crippen molar-refractivity contribution in [1.29, 1.82) is 0 Å². The second kappa shape index (κ2) is 18.8. The van der Waals surface area contributed by atoms with Crippen molar-refractivity contribution in [3.8, 4) is 0 Å². The maximum atomic E-state index is 13.2. The quantitative estimate of drug-likeness (QED) is 0.0381. The third kappa shape index (κ3) is 13.4. The van der Waals surface area contributed by atoms with Gasteiger partial charge in [-0.15, -0.1) is 14.0 Å². The first-order valence-electron chi connectivity index (χ1n) is 12.1. The first-order chi connectivity index (χ1) is 17.9. The van der Waals surface area contributed by atoms with Gasteiger partial charge >= 0.3 is 25.7 Å². The fraction of sp³-hybridized carbons (Fsp3) is 0.625. The van der Waals surface area contributed by atoms with Crippen LogP contribution in [0.4, 0.5) is 0 Å². The van der Waals surface area contributed by atoms with E-state index in [0.717, 1.165) is 0 Å². The summed E-state index contributed by atoms with van der Waals surface area (Å²) < 4.78 is 42.9. The molecule has 0 aliphatic rings. The van der Waals surface area contributed by atoms with E-state index in [-0.39, 0.29) is 19.3 Å². The molecule has 0 fully saturated rings. The third-order valence-electron chi connectivity index (χ3n) is 4.71. The summed E-state index contributed by atoms with van der Waals surface area (Å²) in [4.78, 5) is 50.9. The van der Waals surface area contributed by atoms with Crippen LogP contribution in [0.2, 0.25) is 0 Å². The van der Waals surface area contributed by atoms with Crippen LogP contribution in [0.1, 0.15) is 81.6 Å². The van der Waals surface area contributed by atoms with E-state index in [9.17, 15) is 18.9 Å². The fourth-order valence-electron chi connectivity index (χ4n) is 1.84. The van der Waals surface area contributed by atoms with Crippen LogP contribution >= 0.6 is 7.82 Å². The van der Waals surface area contributed by atoms with Crippen LogP contribution in [0.3, 0.4) is 0 Å². The zero-order valence-corrected chi connectivity index (χ0v) is 24.2. The molecule has 0 aromatic heterocycles. The molecule has 0 saturated heterocycles. The second-order valence-electron chi connectivity index (χ2n) is 7.60. The van der Waals surface area contributed by atoms with E-state index < -0.39 is 44.6 Å². The van der Waals surface area contributed by atoms with E-state index >= 15 is 0 Å². The predicted octanol–water partition coefficient (Wildman–Crippen LogP) is 5.68. The molecule has 0 aromatic carbocycles. The van der Waals surface area contributed by atoms with Crippen molar-refractivity contribution in [3.05, 3.63) is 34.9 Å². The number of rotatable bonds is 18. The summed E-state index contributed by atoms with van der Waals surface area (Å²) in [6, 6.07) is 0. The minimum atomic E-state index is -4.93. The molecule has 0 spiro atoms. The molecule has 0 aliphatic heterocycles. The van der Waals surface area contributed by atoms with Gasteiger partial charge in [-0.1, -0.05) is 39.0 Å². The number of ether oxygens (including phenoxy) is 3. The summed E-state index contributed by atoms with van der Waals surface area (Å²) in [5.41, 5.74) is 0.882. The average Bonchev–Trinajstić information content (AvgIpc) is 2.93. The minimum absolute atomic E-state index is 0.0834.